The molecule has 1 saturated heterocycles. The highest BCUT2D eigenvalue weighted by Gasteiger charge is 2.31. The van der Waals surface area contributed by atoms with Crippen molar-refractivity contribution in [2.75, 3.05) is 24.2 Å². The van der Waals surface area contributed by atoms with E-state index in [0.717, 1.165) is 19.4 Å². The topological polar surface area (TPSA) is 95.0 Å². The molecule has 0 radical (unpaired) electrons. The number of carbonyl (C=O) groups excluding carboxylic acids is 1. The van der Waals surface area contributed by atoms with Crippen LogP contribution in [-0.2, 0) is 4.79 Å². The quantitative estimate of drug-likeness (QED) is 0.778. The Morgan fingerprint density at radius 1 is 1.72 bits per heavy atom. The van der Waals surface area contributed by atoms with Crippen LogP contribution in [0.25, 0.3) is 0 Å². The minimum absolute atomic E-state index is 0.0296. The first-order valence-electron chi connectivity index (χ1n) is 5.81. The second-order valence-electron chi connectivity index (χ2n) is 4.21. The van der Waals surface area contributed by atoms with Gasteiger partial charge in [-0.05, 0) is 18.9 Å². The molecule has 1 aromatic heterocycles. The van der Waals surface area contributed by atoms with Crippen LogP contribution >= 0.6 is 0 Å². The third-order valence-electron chi connectivity index (χ3n) is 3.10. The van der Waals surface area contributed by atoms with Crippen LogP contribution in [0.15, 0.2) is 12.3 Å². The third kappa shape index (κ3) is 2.07. The van der Waals surface area contributed by atoms with Gasteiger partial charge in [-0.2, -0.15) is 5.26 Å². The molecule has 6 heteroatoms. The molecular formula is C12H15N5O. The first-order valence-corrected chi connectivity index (χ1v) is 5.81. The molecule has 0 spiro atoms. The van der Waals surface area contributed by atoms with E-state index in [4.69, 9.17) is 11.0 Å². The Kier molecular flexibility index (Phi) is 3.33. The molecule has 0 saturated carbocycles. The van der Waals surface area contributed by atoms with Crippen molar-refractivity contribution < 1.29 is 4.79 Å². The predicted molar refractivity (Wildman–Crippen MR) is 67.8 cm³/mol. The lowest BCUT2D eigenvalue weighted by Crippen LogP contribution is -2.42. The van der Waals surface area contributed by atoms with E-state index in [1.54, 1.807) is 13.1 Å². The number of amides is 1. The van der Waals surface area contributed by atoms with Gasteiger partial charge in [0.15, 0.2) is 5.82 Å². The molecule has 1 aliphatic heterocycles. The standard InChI is InChI=1S/C12H15N5O/c1-15-12(18)10-3-2-4-17(10)11-9(14)5-8(6-13)7-16-11/h5,7,10H,2-4,14H2,1H3,(H,15,18). The molecular weight excluding hydrogens is 230 g/mol. The van der Waals surface area contributed by atoms with Gasteiger partial charge in [-0.3, -0.25) is 4.79 Å². The fourth-order valence-electron chi connectivity index (χ4n) is 2.24. The van der Waals surface area contributed by atoms with Crippen LogP contribution in [-0.4, -0.2) is 30.5 Å². The summed E-state index contributed by atoms with van der Waals surface area (Å²) in [5.41, 5.74) is 6.75. The number of carbonyl (C=O) groups is 1. The molecule has 1 fully saturated rings. The van der Waals surface area contributed by atoms with Crippen LogP contribution in [0.5, 0.6) is 0 Å². The summed E-state index contributed by atoms with van der Waals surface area (Å²) >= 11 is 0. The predicted octanol–water partition coefficient (Wildman–Crippen LogP) is 0.250. The molecule has 94 valence electrons. The zero-order valence-corrected chi connectivity index (χ0v) is 10.2. The Labute approximate surface area is 105 Å². The summed E-state index contributed by atoms with van der Waals surface area (Å²) in [6.45, 7) is 0.751. The molecule has 1 aromatic rings. The number of nitrogens with one attached hydrogen (secondary N) is 1. The number of rotatable bonds is 2. The molecule has 2 heterocycles. The first kappa shape index (κ1) is 12.2. The largest absolute Gasteiger partial charge is 0.396 e. The van der Waals surface area contributed by atoms with Gasteiger partial charge in [0.25, 0.3) is 0 Å². The van der Waals surface area contributed by atoms with E-state index in [0.29, 0.717) is 17.1 Å². The zero-order valence-electron chi connectivity index (χ0n) is 10.2. The van der Waals surface area contributed by atoms with E-state index in [-0.39, 0.29) is 11.9 Å². The molecule has 18 heavy (non-hydrogen) atoms. The smallest absolute Gasteiger partial charge is 0.242 e. The average Bonchev–Trinajstić information content (AvgIpc) is 2.86. The molecule has 6 nitrogen and oxygen atoms in total. The van der Waals surface area contributed by atoms with Crippen LogP contribution in [0, 0.1) is 11.3 Å². The lowest BCUT2D eigenvalue weighted by atomic mass is 10.2. The average molecular weight is 245 g/mol. The molecule has 1 amide bonds. The first-order chi connectivity index (χ1) is 8.67. The van der Waals surface area contributed by atoms with Crippen molar-refractivity contribution in [2.45, 2.75) is 18.9 Å². The Morgan fingerprint density at radius 2 is 2.50 bits per heavy atom. The number of hydrogen-bond donors (Lipinski definition) is 2. The number of nitrogen functional groups attached to an aromatic ring is 1. The van der Waals surface area contributed by atoms with E-state index < -0.39 is 0 Å². The van der Waals surface area contributed by atoms with Crippen LogP contribution in [0.4, 0.5) is 11.5 Å². The van der Waals surface area contributed by atoms with Gasteiger partial charge in [-0.15, -0.1) is 0 Å². The van der Waals surface area contributed by atoms with Crippen molar-refractivity contribution >= 4 is 17.4 Å². The van der Waals surface area contributed by atoms with Gasteiger partial charge in [0.05, 0.1) is 11.3 Å². The van der Waals surface area contributed by atoms with Crippen molar-refractivity contribution in [3.05, 3.63) is 17.8 Å². The van der Waals surface area contributed by atoms with Gasteiger partial charge < -0.3 is 16.0 Å². The summed E-state index contributed by atoms with van der Waals surface area (Å²) in [5, 5.41) is 11.4. The number of likely N-dealkylation sites (N-methyl/N-ethyl adjacent to an activating group) is 1. The SMILES string of the molecule is CNC(=O)C1CCCN1c1ncc(C#N)cc1N. The summed E-state index contributed by atoms with van der Waals surface area (Å²) < 4.78 is 0. The fraction of sp³-hybridized carbons (Fsp3) is 0.417. The summed E-state index contributed by atoms with van der Waals surface area (Å²) in [7, 11) is 1.62. The van der Waals surface area contributed by atoms with Gasteiger partial charge >= 0.3 is 0 Å². The Morgan fingerprint density at radius 3 is 3.11 bits per heavy atom. The molecule has 0 aromatic carbocycles. The number of nitriles is 1. The van der Waals surface area contributed by atoms with Crippen LogP contribution in [0.2, 0.25) is 0 Å². The molecule has 1 unspecified atom stereocenters. The van der Waals surface area contributed by atoms with E-state index in [1.165, 1.54) is 6.20 Å². The molecule has 0 bridgehead atoms. The highest BCUT2D eigenvalue weighted by Crippen LogP contribution is 2.28. The molecule has 1 atom stereocenters. The lowest BCUT2D eigenvalue weighted by Gasteiger charge is -2.25. The number of nitrogens with two attached hydrogens (primary N) is 1. The number of nitrogens with zero attached hydrogens (tertiary/aromatic N) is 3. The van der Waals surface area contributed by atoms with Crippen molar-refractivity contribution in [1.29, 1.82) is 5.26 Å². The number of anilines is 2. The summed E-state index contributed by atoms with van der Waals surface area (Å²) in [6.07, 6.45) is 3.20. The second kappa shape index (κ2) is 4.92. The molecule has 2 rings (SSSR count). The maximum Gasteiger partial charge on any atom is 0.242 e. The van der Waals surface area contributed by atoms with Crippen molar-refractivity contribution in [1.82, 2.24) is 10.3 Å². The Bertz CT molecular complexity index is 508. The lowest BCUT2D eigenvalue weighted by molar-refractivity contribution is -0.121. The monoisotopic (exact) mass is 245 g/mol. The van der Waals surface area contributed by atoms with E-state index in [1.807, 2.05) is 11.0 Å². The number of aromatic nitrogens is 1. The van der Waals surface area contributed by atoms with Gasteiger partial charge in [0.2, 0.25) is 5.91 Å². The van der Waals surface area contributed by atoms with Crippen molar-refractivity contribution in [2.24, 2.45) is 0 Å². The Balaban J connectivity index is 2.31. The van der Waals surface area contributed by atoms with Crippen molar-refractivity contribution in [3.63, 3.8) is 0 Å². The normalized spacial score (nSPS) is 18.4. The van der Waals surface area contributed by atoms with Gasteiger partial charge in [-0.1, -0.05) is 0 Å². The Hall–Kier alpha value is -2.29. The molecule has 1 aliphatic rings. The minimum atomic E-state index is -0.224. The van der Waals surface area contributed by atoms with E-state index >= 15 is 0 Å². The third-order valence-corrected chi connectivity index (χ3v) is 3.10. The molecule has 0 aliphatic carbocycles. The maximum atomic E-state index is 11.8. The van der Waals surface area contributed by atoms with E-state index in [9.17, 15) is 4.79 Å². The van der Waals surface area contributed by atoms with Crippen LogP contribution in [0.3, 0.4) is 0 Å². The number of pyridine rings is 1. The van der Waals surface area contributed by atoms with Gasteiger partial charge in [-0.25, -0.2) is 4.98 Å². The van der Waals surface area contributed by atoms with E-state index in [2.05, 4.69) is 10.3 Å². The van der Waals surface area contributed by atoms with Crippen LogP contribution in [0.1, 0.15) is 18.4 Å². The van der Waals surface area contributed by atoms with Crippen LogP contribution < -0.4 is 16.0 Å². The second-order valence-corrected chi connectivity index (χ2v) is 4.21. The van der Waals surface area contributed by atoms with Crippen molar-refractivity contribution in [3.8, 4) is 6.07 Å². The summed E-state index contributed by atoms with van der Waals surface area (Å²) in [6, 6.07) is 3.35. The maximum absolute atomic E-state index is 11.8. The zero-order chi connectivity index (χ0) is 13.1. The summed E-state index contributed by atoms with van der Waals surface area (Å²) in [5.74, 6) is 0.554. The fourth-order valence-corrected chi connectivity index (χ4v) is 2.24. The van der Waals surface area contributed by atoms with Gasteiger partial charge in [0, 0.05) is 19.8 Å². The molecule has 3 N–H and O–H groups in total. The minimum Gasteiger partial charge on any atom is -0.396 e. The highest BCUT2D eigenvalue weighted by atomic mass is 16.2. The summed E-state index contributed by atoms with van der Waals surface area (Å²) in [4.78, 5) is 17.9. The highest BCUT2D eigenvalue weighted by molar-refractivity contribution is 5.86. The van der Waals surface area contributed by atoms with Gasteiger partial charge in [0.1, 0.15) is 12.1 Å². The number of hydrogen-bond acceptors (Lipinski definition) is 5.